The average Bonchev–Trinajstić information content (AvgIpc) is 3.52. The number of imidazole rings is 1. The summed E-state index contributed by atoms with van der Waals surface area (Å²) in [5.74, 6) is 1.32. The van der Waals surface area contributed by atoms with Gasteiger partial charge in [-0.25, -0.2) is 14.6 Å². The molecule has 1 heterocycles. The maximum absolute atomic E-state index is 12.3. The highest BCUT2D eigenvalue weighted by atomic mass is 35.5. The second-order valence-electron chi connectivity index (χ2n) is 9.83. The molecule has 5 rings (SSSR count). The Hall–Kier alpha value is -4.79. The van der Waals surface area contributed by atoms with E-state index in [4.69, 9.17) is 32.7 Å². The minimum Gasteiger partial charge on any atom is -0.465 e. The van der Waals surface area contributed by atoms with E-state index in [1.54, 1.807) is 24.4 Å². The molecule has 1 unspecified atom stereocenters. The third-order valence-corrected chi connectivity index (χ3v) is 7.66. The van der Waals surface area contributed by atoms with E-state index in [2.05, 4.69) is 51.2 Å². The Morgan fingerprint density at radius 3 is 2.18 bits per heavy atom. The van der Waals surface area contributed by atoms with Gasteiger partial charge in [0, 0.05) is 16.5 Å². The number of aromatic amines is 1. The highest BCUT2D eigenvalue weighted by Gasteiger charge is 2.18. The number of rotatable bonds is 9. The van der Waals surface area contributed by atoms with E-state index in [0.717, 1.165) is 40.2 Å². The topological polar surface area (TPSA) is 103 Å². The smallest absolute Gasteiger partial charge is 0.411 e. The molecule has 4 aromatic carbocycles. The Morgan fingerprint density at radius 2 is 1.55 bits per heavy atom. The van der Waals surface area contributed by atoms with E-state index in [9.17, 15) is 9.59 Å². The number of H-pyrrole nitrogens is 1. The Balaban J connectivity index is 1.29. The molecule has 0 aliphatic rings. The molecular weight excluding hydrogens is 601 g/mol. The summed E-state index contributed by atoms with van der Waals surface area (Å²) in [6, 6.07) is 26.1. The summed E-state index contributed by atoms with van der Waals surface area (Å²) >= 11 is 12.5. The van der Waals surface area contributed by atoms with Crippen molar-refractivity contribution in [2.75, 3.05) is 19.5 Å². The molecule has 8 nitrogen and oxygen atoms in total. The standard InChI is InChI=1S/C34H29Cl2N3O5/c1-4-26(32-37-19-31(38-32)27-15-11-23(35)17-29(27)36)22-7-5-20(6-8-22)21-9-12-24(13-10-21)44-25-14-16-30(39-34(41)43-3)28(18-25)33(40)42-2/h5-19,26H,4H2,1-3H3,(H,37,38)(H,39,41). The monoisotopic (exact) mass is 629 g/mol. The molecule has 0 bridgehead atoms. The third-order valence-electron chi connectivity index (χ3n) is 7.11. The van der Waals surface area contributed by atoms with E-state index in [-0.39, 0.29) is 17.2 Å². The number of aromatic nitrogens is 2. The fourth-order valence-electron chi connectivity index (χ4n) is 4.84. The van der Waals surface area contributed by atoms with Crippen molar-refractivity contribution in [1.29, 1.82) is 0 Å². The molecule has 1 atom stereocenters. The van der Waals surface area contributed by atoms with Crippen molar-refractivity contribution in [3.63, 3.8) is 0 Å². The zero-order valence-corrected chi connectivity index (χ0v) is 25.7. The fraction of sp³-hybridized carbons (Fsp3) is 0.147. The van der Waals surface area contributed by atoms with Crippen LogP contribution < -0.4 is 10.1 Å². The number of hydrogen-bond acceptors (Lipinski definition) is 6. The molecule has 44 heavy (non-hydrogen) atoms. The van der Waals surface area contributed by atoms with Gasteiger partial charge in [-0.3, -0.25) is 5.32 Å². The number of carbonyl (C=O) groups is 2. The molecule has 10 heteroatoms. The lowest BCUT2D eigenvalue weighted by molar-refractivity contribution is 0.0601. The van der Waals surface area contributed by atoms with Gasteiger partial charge >= 0.3 is 12.1 Å². The van der Waals surface area contributed by atoms with Crippen molar-refractivity contribution in [1.82, 2.24) is 9.97 Å². The van der Waals surface area contributed by atoms with Crippen molar-refractivity contribution in [3.05, 3.63) is 118 Å². The van der Waals surface area contributed by atoms with E-state index in [1.165, 1.54) is 20.3 Å². The molecular formula is C34H29Cl2N3O5. The second kappa shape index (κ2) is 13.7. The van der Waals surface area contributed by atoms with Gasteiger partial charge in [0.25, 0.3) is 0 Å². The average molecular weight is 631 g/mol. The summed E-state index contributed by atoms with van der Waals surface area (Å²) in [6.45, 7) is 2.13. The van der Waals surface area contributed by atoms with Crippen molar-refractivity contribution < 1.29 is 23.8 Å². The maximum Gasteiger partial charge on any atom is 0.411 e. The summed E-state index contributed by atoms with van der Waals surface area (Å²) in [5.41, 5.74) is 5.29. The first-order valence-corrected chi connectivity index (χ1v) is 14.5. The quantitative estimate of drug-likeness (QED) is 0.157. The number of esters is 1. The van der Waals surface area contributed by atoms with Crippen LogP contribution in [0.5, 0.6) is 11.5 Å². The summed E-state index contributed by atoms with van der Waals surface area (Å²) in [4.78, 5) is 32.0. The molecule has 0 saturated heterocycles. The lowest BCUT2D eigenvalue weighted by Gasteiger charge is -2.14. The summed E-state index contributed by atoms with van der Waals surface area (Å²) in [6.07, 6.45) is 1.96. The molecule has 0 spiro atoms. The first-order valence-electron chi connectivity index (χ1n) is 13.8. The minimum absolute atomic E-state index is 0.0868. The number of anilines is 1. The Kier molecular flexibility index (Phi) is 9.53. The van der Waals surface area contributed by atoms with E-state index < -0.39 is 12.1 Å². The fourth-order valence-corrected chi connectivity index (χ4v) is 5.35. The number of halogens is 2. The Bertz CT molecular complexity index is 1790. The van der Waals surface area contributed by atoms with Gasteiger partial charge in [-0.05, 0) is 71.6 Å². The van der Waals surface area contributed by atoms with Crippen LogP contribution in [0.25, 0.3) is 22.4 Å². The number of nitrogens with zero attached hydrogens (tertiary/aromatic N) is 1. The highest BCUT2D eigenvalue weighted by Crippen LogP contribution is 2.34. The molecule has 5 aromatic rings. The Morgan fingerprint density at radius 1 is 0.864 bits per heavy atom. The van der Waals surface area contributed by atoms with Gasteiger partial charge < -0.3 is 19.2 Å². The number of methoxy groups -OCH3 is 2. The van der Waals surface area contributed by atoms with E-state index >= 15 is 0 Å². The van der Waals surface area contributed by atoms with Crippen molar-refractivity contribution in [2.24, 2.45) is 0 Å². The van der Waals surface area contributed by atoms with Crippen LogP contribution in [0.15, 0.2) is 91.1 Å². The Labute approximate surface area is 264 Å². The van der Waals surface area contributed by atoms with Gasteiger partial charge in [-0.1, -0.05) is 66.5 Å². The number of benzene rings is 4. The van der Waals surface area contributed by atoms with Gasteiger partial charge in [0.2, 0.25) is 0 Å². The summed E-state index contributed by atoms with van der Waals surface area (Å²) < 4.78 is 15.4. The van der Waals surface area contributed by atoms with Gasteiger partial charge in [-0.2, -0.15) is 0 Å². The summed E-state index contributed by atoms with van der Waals surface area (Å²) in [5, 5.41) is 3.65. The molecule has 0 saturated carbocycles. The number of amides is 1. The highest BCUT2D eigenvalue weighted by molar-refractivity contribution is 6.36. The molecule has 1 aromatic heterocycles. The normalized spacial score (nSPS) is 11.5. The van der Waals surface area contributed by atoms with Crippen LogP contribution in [-0.2, 0) is 9.47 Å². The molecule has 224 valence electrons. The lowest BCUT2D eigenvalue weighted by Crippen LogP contribution is -2.15. The van der Waals surface area contributed by atoms with Crippen LogP contribution in [0.1, 0.15) is 41.0 Å². The SMILES string of the molecule is CCC(c1ccc(-c2ccc(Oc3ccc(NC(=O)OC)c(C(=O)OC)c3)cc2)cc1)c1ncc(-c2ccc(Cl)cc2Cl)[nH]1. The molecule has 2 N–H and O–H groups in total. The van der Waals surface area contributed by atoms with Gasteiger partial charge in [0.15, 0.2) is 0 Å². The van der Waals surface area contributed by atoms with Crippen LogP contribution in [0, 0.1) is 0 Å². The van der Waals surface area contributed by atoms with Crippen LogP contribution >= 0.6 is 23.2 Å². The molecule has 0 aliphatic carbocycles. The maximum atomic E-state index is 12.3. The van der Waals surface area contributed by atoms with Crippen molar-refractivity contribution in [3.8, 4) is 33.9 Å². The lowest BCUT2D eigenvalue weighted by atomic mass is 9.93. The first-order chi connectivity index (χ1) is 21.3. The van der Waals surface area contributed by atoms with Crippen molar-refractivity contribution in [2.45, 2.75) is 19.3 Å². The largest absolute Gasteiger partial charge is 0.465 e. The molecule has 0 fully saturated rings. The predicted molar refractivity (Wildman–Crippen MR) is 172 cm³/mol. The third kappa shape index (κ3) is 6.88. The van der Waals surface area contributed by atoms with Gasteiger partial charge in [-0.15, -0.1) is 0 Å². The zero-order valence-electron chi connectivity index (χ0n) is 24.2. The van der Waals surface area contributed by atoms with Crippen LogP contribution in [0.4, 0.5) is 10.5 Å². The van der Waals surface area contributed by atoms with Crippen LogP contribution in [0.2, 0.25) is 10.0 Å². The number of carbonyl (C=O) groups excluding carboxylic acids is 2. The number of hydrogen-bond donors (Lipinski definition) is 2. The molecule has 1 amide bonds. The summed E-state index contributed by atoms with van der Waals surface area (Å²) in [7, 11) is 2.50. The van der Waals surface area contributed by atoms with Crippen LogP contribution in [-0.4, -0.2) is 36.3 Å². The predicted octanol–water partition coefficient (Wildman–Crippen LogP) is 9.35. The van der Waals surface area contributed by atoms with Gasteiger partial charge in [0.05, 0.1) is 42.4 Å². The number of ether oxygens (including phenoxy) is 3. The van der Waals surface area contributed by atoms with E-state index in [0.29, 0.717) is 21.5 Å². The first kappa shape index (κ1) is 30.7. The van der Waals surface area contributed by atoms with Crippen molar-refractivity contribution >= 4 is 41.0 Å². The van der Waals surface area contributed by atoms with E-state index in [1.807, 2.05) is 36.4 Å². The second-order valence-corrected chi connectivity index (χ2v) is 10.7. The zero-order chi connectivity index (χ0) is 31.2. The molecule has 0 aliphatic heterocycles. The molecule has 0 radical (unpaired) electrons. The van der Waals surface area contributed by atoms with Crippen LogP contribution in [0.3, 0.4) is 0 Å². The number of nitrogens with one attached hydrogen (secondary N) is 2. The van der Waals surface area contributed by atoms with Gasteiger partial charge in [0.1, 0.15) is 17.3 Å². The minimum atomic E-state index is -0.702.